The molecule has 3 rings (SSSR count). The van der Waals surface area contributed by atoms with E-state index in [9.17, 15) is 26.4 Å². The molecule has 0 N–H and O–H groups in total. The van der Waals surface area contributed by atoms with Crippen LogP contribution in [0.5, 0.6) is 0 Å². The predicted octanol–water partition coefficient (Wildman–Crippen LogP) is 2.54. The molecule has 1 aliphatic heterocycles. The first-order chi connectivity index (χ1) is 15.0. The molecule has 0 radical (unpaired) electrons. The summed E-state index contributed by atoms with van der Waals surface area (Å²) < 4.78 is 67.6. The van der Waals surface area contributed by atoms with E-state index in [1.807, 2.05) is 0 Å². The maximum absolute atomic E-state index is 13.4. The van der Waals surface area contributed by atoms with Crippen LogP contribution in [0.25, 0.3) is 0 Å². The standard InChI is InChI=1S/C21H21F3N4O3S/c1-26(2)20(29)19-14-27(16-9-8-15(13-25)18(12-16)21(22,23)24)10-11-28(19)32(30,31)17-6-4-3-5-7-17/h3-9,12,19H,10-11,14H2,1-2H3. The molecular weight excluding hydrogens is 445 g/mol. The van der Waals surface area contributed by atoms with Crippen molar-refractivity contribution in [1.29, 1.82) is 5.26 Å². The number of hydrogen-bond acceptors (Lipinski definition) is 5. The lowest BCUT2D eigenvalue weighted by molar-refractivity contribution is -0.137. The van der Waals surface area contributed by atoms with Crippen molar-refractivity contribution < 1.29 is 26.4 Å². The van der Waals surface area contributed by atoms with Gasteiger partial charge in [-0.25, -0.2) is 8.42 Å². The molecule has 11 heteroatoms. The molecule has 1 aliphatic rings. The summed E-state index contributed by atoms with van der Waals surface area (Å²) in [7, 11) is -1.03. The minimum Gasteiger partial charge on any atom is -0.368 e. The zero-order chi connectivity index (χ0) is 23.7. The summed E-state index contributed by atoms with van der Waals surface area (Å²) in [6.45, 7) is -0.151. The van der Waals surface area contributed by atoms with Crippen molar-refractivity contribution in [1.82, 2.24) is 9.21 Å². The third-order valence-electron chi connectivity index (χ3n) is 5.20. The second kappa shape index (κ2) is 8.80. The van der Waals surface area contributed by atoms with E-state index in [1.165, 1.54) is 48.2 Å². The minimum atomic E-state index is -4.72. The highest BCUT2D eigenvalue weighted by molar-refractivity contribution is 7.89. The molecule has 0 bridgehead atoms. The molecule has 0 saturated carbocycles. The van der Waals surface area contributed by atoms with Gasteiger partial charge in [-0.15, -0.1) is 0 Å². The number of piperazine rings is 1. The molecule has 1 atom stereocenters. The Morgan fingerprint density at radius 1 is 1.12 bits per heavy atom. The summed E-state index contributed by atoms with van der Waals surface area (Å²) in [5.74, 6) is -0.487. The number of anilines is 1. The summed E-state index contributed by atoms with van der Waals surface area (Å²) in [6.07, 6.45) is -4.72. The number of benzene rings is 2. The molecule has 2 aromatic rings. The highest BCUT2D eigenvalue weighted by Gasteiger charge is 2.41. The highest BCUT2D eigenvalue weighted by Crippen LogP contribution is 2.35. The molecule has 1 fully saturated rings. The van der Waals surface area contributed by atoms with Crippen molar-refractivity contribution >= 4 is 21.6 Å². The molecule has 7 nitrogen and oxygen atoms in total. The van der Waals surface area contributed by atoms with Gasteiger partial charge in [0.15, 0.2) is 0 Å². The van der Waals surface area contributed by atoms with Gasteiger partial charge in [0.25, 0.3) is 0 Å². The largest absolute Gasteiger partial charge is 0.417 e. The number of hydrogen-bond donors (Lipinski definition) is 0. The monoisotopic (exact) mass is 466 g/mol. The third kappa shape index (κ3) is 4.56. The second-order valence-corrected chi connectivity index (χ2v) is 9.35. The number of alkyl halides is 3. The fourth-order valence-electron chi connectivity index (χ4n) is 3.58. The molecule has 32 heavy (non-hydrogen) atoms. The van der Waals surface area contributed by atoms with Crippen LogP contribution in [-0.4, -0.2) is 63.3 Å². The lowest BCUT2D eigenvalue weighted by atomic mass is 10.1. The van der Waals surface area contributed by atoms with Gasteiger partial charge in [0.05, 0.1) is 22.1 Å². The number of likely N-dealkylation sites (N-methyl/N-ethyl adjacent to an activating group) is 1. The van der Waals surface area contributed by atoms with Gasteiger partial charge in [0.1, 0.15) is 6.04 Å². The number of rotatable bonds is 4. The molecule has 1 unspecified atom stereocenters. The van der Waals surface area contributed by atoms with E-state index in [1.54, 1.807) is 18.2 Å². The summed E-state index contributed by atoms with van der Waals surface area (Å²) >= 11 is 0. The van der Waals surface area contributed by atoms with Crippen molar-refractivity contribution in [3.05, 3.63) is 59.7 Å². The molecule has 170 valence electrons. The molecule has 0 spiro atoms. The number of amides is 1. The first-order valence-corrected chi connectivity index (χ1v) is 11.0. The quantitative estimate of drug-likeness (QED) is 0.692. The maximum Gasteiger partial charge on any atom is 0.417 e. The van der Waals surface area contributed by atoms with E-state index in [0.29, 0.717) is 0 Å². The fourth-order valence-corrected chi connectivity index (χ4v) is 5.16. The van der Waals surface area contributed by atoms with E-state index < -0.39 is 39.3 Å². The normalized spacial score (nSPS) is 17.6. The second-order valence-electron chi connectivity index (χ2n) is 7.46. The minimum absolute atomic E-state index is 0.0303. The third-order valence-corrected chi connectivity index (χ3v) is 7.12. The summed E-state index contributed by atoms with van der Waals surface area (Å²) in [5, 5.41) is 9.00. The summed E-state index contributed by atoms with van der Waals surface area (Å²) in [6, 6.07) is 11.4. The van der Waals surface area contributed by atoms with Gasteiger partial charge in [-0.3, -0.25) is 4.79 Å². The van der Waals surface area contributed by atoms with Crippen LogP contribution in [0.2, 0.25) is 0 Å². The van der Waals surface area contributed by atoms with Crippen LogP contribution >= 0.6 is 0 Å². The van der Waals surface area contributed by atoms with Gasteiger partial charge >= 0.3 is 6.18 Å². The number of carbonyl (C=O) groups is 1. The van der Waals surface area contributed by atoms with Gasteiger partial charge in [-0.1, -0.05) is 18.2 Å². The highest BCUT2D eigenvalue weighted by atomic mass is 32.2. The van der Waals surface area contributed by atoms with E-state index in [4.69, 9.17) is 5.26 Å². The molecule has 2 aromatic carbocycles. The molecule has 1 heterocycles. The van der Waals surface area contributed by atoms with E-state index in [2.05, 4.69) is 0 Å². The van der Waals surface area contributed by atoms with Crippen molar-refractivity contribution in [2.75, 3.05) is 38.6 Å². The average molecular weight is 466 g/mol. The fraction of sp³-hybridized carbons (Fsp3) is 0.333. The number of carbonyl (C=O) groups excluding carboxylic acids is 1. The predicted molar refractivity (Wildman–Crippen MR) is 111 cm³/mol. The van der Waals surface area contributed by atoms with E-state index in [0.717, 1.165) is 16.4 Å². The maximum atomic E-state index is 13.4. The van der Waals surface area contributed by atoms with Crippen LogP contribution in [0.1, 0.15) is 11.1 Å². The topological polar surface area (TPSA) is 84.7 Å². The van der Waals surface area contributed by atoms with Gasteiger partial charge in [-0.2, -0.15) is 22.7 Å². The van der Waals surface area contributed by atoms with Gasteiger partial charge < -0.3 is 9.80 Å². The molecular formula is C21H21F3N4O3S. The summed E-state index contributed by atoms with van der Waals surface area (Å²) in [5.41, 5.74) is -1.43. The first kappa shape index (κ1) is 23.6. The smallest absolute Gasteiger partial charge is 0.368 e. The van der Waals surface area contributed by atoms with Crippen LogP contribution < -0.4 is 4.90 Å². The Morgan fingerprint density at radius 3 is 2.34 bits per heavy atom. The van der Waals surface area contributed by atoms with Gasteiger partial charge in [0, 0.05) is 39.4 Å². The van der Waals surface area contributed by atoms with Crippen molar-refractivity contribution in [2.45, 2.75) is 17.1 Å². The number of nitrogens with zero attached hydrogens (tertiary/aromatic N) is 4. The number of nitriles is 1. The van der Waals surface area contributed by atoms with Crippen LogP contribution in [0.4, 0.5) is 18.9 Å². The lowest BCUT2D eigenvalue weighted by Crippen LogP contribution is -2.60. The Hall–Kier alpha value is -3.10. The molecule has 0 aromatic heterocycles. The lowest BCUT2D eigenvalue weighted by Gasteiger charge is -2.41. The van der Waals surface area contributed by atoms with E-state index >= 15 is 0 Å². The van der Waals surface area contributed by atoms with Gasteiger partial charge in [-0.05, 0) is 30.3 Å². The van der Waals surface area contributed by atoms with Crippen molar-refractivity contribution in [3.63, 3.8) is 0 Å². The zero-order valence-corrected chi connectivity index (χ0v) is 18.2. The number of halogens is 3. The summed E-state index contributed by atoms with van der Waals surface area (Å²) in [4.78, 5) is 15.7. The molecule has 0 aliphatic carbocycles. The van der Waals surface area contributed by atoms with Crippen LogP contribution in [0, 0.1) is 11.3 Å². The van der Waals surface area contributed by atoms with Crippen LogP contribution in [0.15, 0.2) is 53.4 Å². The average Bonchev–Trinajstić information content (AvgIpc) is 2.77. The Bertz CT molecular complexity index is 1150. The van der Waals surface area contributed by atoms with Crippen LogP contribution in [0.3, 0.4) is 0 Å². The van der Waals surface area contributed by atoms with Crippen molar-refractivity contribution in [2.24, 2.45) is 0 Å². The Labute approximate surface area is 184 Å². The SMILES string of the molecule is CN(C)C(=O)C1CN(c2ccc(C#N)c(C(F)(F)F)c2)CCN1S(=O)(=O)c1ccccc1. The van der Waals surface area contributed by atoms with Gasteiger partial charge in [0.2, 0.25) is 15.9 Å². The Kier molecular flexibility index (Phi) is 6.48. The zero-order valence-electron chi connectivity index (χ0n) is 17.4. The Balaban J connectivity index is 1.99. The van der Waals surface area contributed by atoms with Crippen molar-refractivity contribution in [3.8, 4) is 6.07 Å². The van der Waals surface area contributed by atoms with E-state index in [-0.39, 0.29) is 30.2 Å². The molecule has 1 amide bonds. The van der Waals surface area contributed by atoms with Crippen LogP contribution in [-0.2, 0) is 21.0 Å². The number of sulfonamides is 1. The molecule has 1 saturated heterocycles. The first-order valence-electron chi connectivity index (χ1n) is 9.61. The Morgan fingerprint density at radius 2 is 1.78 bits per heavy atom.